The molecule has 7 heteroatoms. The molecule has 0 radical (unpaired) electrons. The molecule has 0 spiro atoms. The van der Waals surface area contributed by atoms with E-state index in [-0.39, 0.29) is 30.7 Å². The van der Waals surface area contributed by atoms with Gasteiger partial charge in [0.15, 0.2) is 0 Å². The molecule has 2 aliphatic heterocycles. The minimum absolute atomic E-state index is 0.135. The van der Waals surface area contributed by atoms with Crippen molar-refractivity contribution in [1.82, 2.24) is 9.80 Å². The largest absolute Gasteiger partial charge is 0.359 e. The Hall–Kier alpha value is -2.70. The summed E-state index contributed by atoms with van der Waals surface area (Å²) in [5, 5.41) is 0.542. The van der Waals surface area contributed by atoms with E-state index in [9.17, 15) is 14.4 Å². The van der Waals surface area contributed by atoms with E-state index in [0.717, 1.165) is 5.56 Å². The molecular weight excluding hydrogens is 356 g/mol. The highest BCUT2D eigenvalue weighted by molar-refractivity contribution is 6.30. The number of nitrogens with zero attached hydrogens (tertiary/aromatic N) is 2. The van der Waals surface area contributed by atoms with Crippen molar-refractivity contribution in [3.8, 4) is 0 Å². The van der Waals surface area contributed by atoms with Crippen LogP contribution in [0.15, 0.2) is 42.5 Å². The number of hydrogen-bond acceptors (Lipinski definition) is 4. The average molecular weight is 371 g/mol. The fourth-order valence-electron chi connectivity index (χ4n) is 3.14. The summed E-state index contributed by atoms with van der Waals surface area (Å²) in [6, 6.07) is 11.6. The first kappa shape index (κ1) is 16.8. The van der Waals surface area contributed by atoms with Crippen LogP contribution in [0.1, 0.15) is 36.6 Å². The van der Waals surface area contributed by atoms with Crippen LogP contribution in [0.2, 0.25) is 5.02 Å². The smallest absolute Gasteiger partial charge is 0.261 e. The lowest BCUT2D eigenvalue weighted by Crippen LogP contribution is -2.29. The number of ether oxygens (including phenoxy) is 1. The maximum atomic E-state index is 12.7. The predicted octanol–water partition coefficient (Wildman–Crippen LogP) is 2.57. The Morgan fingerprint density at radius 1 is 1.08 bits per heavy atom. The summed E-state index contributed by atoms with van der Waals surface area (Å²) in [6.45, 7) is 1.39. The molecule has 2 aromatic rings. The molecule has 3 amide bonds. The van der Waals surface area contributed by atoms with Crippen molar-refractivity contribution in [2.45, 2.75) is 6.54 Å². The topological polar surface area (TPSA) is 66.9 Å². The third kappa shape index (κ3) is 2.87. The summed E-state index contributed by atoms with van der Waals surface area (Å²) < 4.78 is 5.19. The van der Waals surface area contributed by atoms with Crippen molar-refractivity contribution >= 4 is 29.3 Å². The Balaban J connectivity index is 1.60. The molecular formula is C19H15ClN2O4. The quantitative estimate of drug-likeness (QED) is 0.779. The SMILES string of the molecule is O=C(c1ccc2c(c1)C(=O)N(Cc1cccc(Cl)c1)C2=O)N1CCOC1. The van der Waals surface area contributed by atoms with Gasteiger partial charge in [0.2, 0.25) is 0 Å². The van der Waals surface area contributed by atoms with Crippen LogP contribution in [-0.4, -0.2) is 47.4 Å². The molecule has 0 atom stereocenters. The summed E-state index contributed by atoms with van der Waals surface area (Å²) >= 11 is 5.97. The van der Waals surface area contributed by atoms with Gasteiger partial charge in [-0.05, 0) is 35.9 Å². The number of amides is 3. The van der Waals surface area contributed by atoms with Gasteiger partial charge in [-0.3, -0.25) is 19.3 Å². The summed E-state index contributed by atoms with van der Waals surface area (Å²) in [5.41, 5.74) is 1.70. The molecule has 0 unspecified atom stereocenters. The van der Waals surface area contributed by atoms with Gasteiger partial charge in [-0.1, -0.05) is 23.7 Å². The molecule has 26 heavy (non-hydrogen) atoms. The zero-order valence-electron chi connectivity index (χ0n) is 13.8. The van der Waals surface area contributed by atoms with Crippen LogP contribution in [0.3, 0.4) is 0 Å². The number of rotatable bonds is 3. The highest BCUT2D eigenvalue weighted by Crippen LogP contribution is 2.27. The van der Waals surface area contributed by atoms with Gasteiger partial charge in [-0.15, -0.1) is 0 Å². The molecule has 1 fully saturated rings. The first-order valence-electron chi connectivity index (χ1n) is 8.16. The fourth-order valence-corrected chi connectivity index (χ4v) is 3.35. The van der Waals surface area contributed by atoms with Crippen LogP contribution < -0.4 is 0 Å². The van der Waals surface area contributed by atoms with Crippen LogP contribution in [0, 0.1) is 0 Å². The second-order valence-electron chi connectivity index (χ2n) is 6.19. The number of halogens is 1. The van der Waals surface area contributed by atoms with E-state index in [0.29, 0.717) is 29.3 Å². The van der Waals surface area contributed by atoms with Gasteiger partial charge in [0.25, 0.3) is 17.7 Å². The van der Waals surface area contributed by atoms with E-state index in [1.165, 1.54) is 17.0 Å². The van der Waals surface area contributed by atoms with Gasteiger partial charge in [-0.2, -0.15) is 0 Å². The maximum absolute atomic E-state index is 12.7. The number of fused-ring (bicyclic) bond motifs is 1. The molecule has 2 aromatic carbocycles. The van der Waals surface area contributed by atoms with Crippen molar-refractivity contribution in [3.63, 3.8) is 0 Å². The van der Waals surface area contributed by atoms with E-state index in [4.69, 9.17) is 16.3 Å². The monoisotopic (exact) mass is 370 g/mol. The Morgan fingerprint density at radius 3 is 2.62 bits per heavy atom. The standard InChI is InChI=1S/C19H15ClN2O4/c20-14-3-1-2-12(8-14)10-22-18(24)15-5-4-13(9-16(15)19(22)25)17(23)21-6-7-26-11-21/h1-5,8-9H,6-7,10-11H2. The van der Waals surface area contributed by atoms with E-state index >= 15 is 0 Å². The molecule has 2 heterocycles. The maximum Gasteiger partial charge on any atom is 0.261 e. The van der Waals surface area contributed by atoms with Crippen molar-refractivity contribution in [2.24, 2.45) is 0 Å². The lowest BCUT2D eigenvalue weighted by atomic mass is 10.1. The van der Waals surface area contributed by atoms with Crippen LogP contribution >= 0.6 is 11.6 Å². The van der Waals surface area contributed by atoms with E-state index < -0.39 is 5.91 Å². The third-order valence-corrected chi connectivity index (χ3v) is 4.72. The molecule has 0 aromatic heterocycles. The average Bonchev–Trinajstić information content (AvgIpc) is 3.25. The van der Waals surface area contributed by atoms with Crippen LogP contribution in [0.5, 0.6) is 0 Å². The van der Waals surface area contributed by atoms with Gasteiger partial charge in [-0.25, -0.2) is 0 Å². The summed E-state index contributed by atoms with van der Waals surface area (Å²) in [4.78, 5) is 40.5. The van der Waals surface area contributed by atoms with Crippen molar-refractivity contribution in [2.75, 3.05) is 19.9 Å². The highest BCUT2D eigenvalue weighted by atomic mass is 35.5. The van der Waals surface area contributed by atoms with Gasteiger partial charge < -0.3 is 9.64 Å². The molecule has 132 valence electrons. The molecule has 1 saturated heterocycles. The molecule has 0 aliphatic carbocycles. The van der Waals surface area contributed by atoms with Gasteiger partial charge in [0.1, 0.15) is 6.73 Å². The number of carbonyl (C=O) groups is 3. The lowest BCUT2D eigenvalue weighted by molar-refractivity contribution is 0.0641. The second kappa shape index (κ2) is 6.55. The first-order valence-corrected chi connectivity index (χ1v) is 8.54. The van der Waals surface area contributed by atoms with Crippen molar-refractivity contribution in [3.05, 3.63) is 69.7 Å². The molecule has 0 bridgehead atoms. The molecule has 2 aliphatic rings. The van der Waals surface area contributed by atoms with E-state index in [1.807, 2.05) is 0 Å². The van der Waals surface area contributed by atoms with E-state index in [2.05, 4.69) is 0 Å². The summed E-state index contributed by atoms with van der Waals surface area (Å²) in [6.07, 6.45) is 0. The highest BCUT2D eigenvalue weighted by Gasteiger charge is 2.36. The molecule has 6 nitrogen and oxygen atoms in total. The van der Waals surface area contributed by atoms with Crippen LogP contribution in [0.4, 0.5) is 0 Å². The van der Waals surface area contributed by atoms with E-state index in [1.54, 1.807) is 35.2 Å². The van der Waals surface area contributed by atoms with Gasteiger partial charge >= 0.3 is 0 Å². The molecule has 0 saturated carbocycles. The zero-order chi connectivity index (χ0) is 18.3. The summed E-state index contributed by atoms with van der Waals surface area (Å²) in [7, 11) is 0. The molecule has 0 N–H and O–H groups in total. The Morgan fingerprint density at radius 2 is 1.88 bits per heavy atom. The Labute approximate surface area is 154 Å². The minimum atomic E-state index is -0.405. The number of carbonyl (C=O) groups excluding carboxylic acids is 3. The molecule has 4 rings (SSSR count). The number of benzene rings is 2. The first-order chi connectivity index (χ1) is 12.5. The third-order valence-electron chi connectivity index (χ3n) is 4.49. The predicted molar refractivity (Wildman–Crippen MR) is 94.0 cm³/mol. The summed E-state index contributed by atoms with van der Waals surface area (Å²) in [5.74, 6) is -0.982. The lowest BCUT2D eigenvalue weighted by Gasteiger charge is -2.14. The van der Waals surface area contributed by atoms with Crippen LogP contribution in [0.25, 0.3) is 0 Å². The second-order valence-corrected chi connectivity index (χ2v) is 6.63. The van der Waals surface area contributed by atoms with Gasteiger partial charge in [0.05, 0.1) is 24.3 Å². The van der Waals surface area contributed by atoms with Crippen molar-refractivity contribution < 1.29 is 19.1 Å². The normalized spacial score (nSPS) is 16.3. The van der Waals surface area contributed by atoms with Crippen LogP contribution in [-0.2, 0) is 11.3 Å². The fraction of sp³-hybridized carbons (Fsp3) is 0.211. The number of hydrogen-bond donors (Lipinski definition) is 0. The Bertz CT molecular complexity index is 922. The van der Waals surface area contributed by atoms with Gasteiger partial charge in [0, 0.05) is 17.1 Å². The Kier molecular flexibility index (Phi) is 4.22. The zero-order valence-corrected chi connectivity index (χ0v) is 14.5. The minimum Gasteiger partial charge on any atom is -0.359 e. The van der Waals surface area contributed by atoms with Crippen molar-refractivity contribution in [1.29, 1.82) is 0 Å². The number of imide groups is 1.